The highest BCUT2D eigenvalue weighted by Gasteiger charge is 2.46. The molecule has 2 amide bonds. The number of rotatable bonds is 10. The first kappa shape index (κ1) is 26.8. The van der Waals surface area contributed by atoms with Gasteiger partial charge in [0.15, 0.2) is 6.10 Å². The van der Waals surface area contributed by atoms with Gasteiger partial charge in [-0.25, -0.2) is 5.01 Å². The van der Waals surface area contributed by atoms with Crippen LogP contribution in [0.2, 0.25) is 0 Å². The Hall–Kier alpha value is -2.24. The van der Waals surface area contributed by atoms with Crippen LogP contribution in [0.25, 0.3) is 0 Å². The molecule has 11 nitrogen and oxygen atoms in total. The lowest BCUT2D eigenvalue weighted by Gasteiger charge is -2.42. The van der Waals surface area contributed by atoms with Crippen LogP contribution in [0.15, 0.2) is 0 Å². The number of methoxy groups -OCH3 is 2. The third-order valence-electron chi connectivity index (χ3n) is 4.25. The van der Waals surface area contributed by atoms with Gasteiger partial charge in [0.2, 0.25) is 11.8 Å². The smallest absolute Gasteiger partial charge is 0.303 e. The van der Waals surface area contributed by atoms with E-state index in [2.05, 4.69) is 0 Å². The standard InChI is InChI=1S/C18H32N2O9/c1-11(21)19(6)20(12(2)22)10-18(5,25)17(29-14(4)24)16(27-8)15(26-7)9-28-13(3)23/h15-17,25H,9-10H2,1-8H3/t15-,16-,17+,18-/m1/s1. The molecule has 0 aromatic heterocycles. The van der Waals surface area contributed by atoms with E-state index in [1.165, 1.54) is 49.0 Å². The summed E-state index contributed by atoms with van der Waals surface area (Å²) in [7, 11) is 4.01. The van der Waals surface area contributed by atoms with Gasteiger partial charge in [-0.2, -0.15) is 0 Å². The van der Waals surface area contributed by atoms with E-state index in [4.69, 9.17) is 18.9 Å². The van der Waals surface area contributed by atoms with E-state index in [-0.39, 0.29) is 13.2 Å². The number of hydrogen-bond donors (Lipinski definition) is 1. The molecule has 168 valence electrons. The van der Waals surface area contributed by atoms with E-state index in [1.807, 2.05) is 0 Å². The topological polar surface area (TPSA) is 132 Å². The molecule has 0 aliphatic heterocycles. The lowest BCUT2D eigenvalue weighted by molar-refractivity contribution is -0.209. The van der Waals surface area contributed by atoms with Crippen LogP contribution in [0, 0.1) is 0 Å². The van der Waals surface area contributed by atoms with Crippen molar-refractivity contribution in [2.75, 3.05) is 34.4 Å². The molecular weight excluding hydrogens is 388 g/mol. The number of amides is 2. The van der Waals surface area contributed by atoms with E-state index in [0.717, 1.165) is 16.9 Å². The van der Waals surface area contributed by atoms with Gasteiger partial charge in [-0.15, -0.1) is 0 Å². The minimum atomic E-state index is -1.87. The van der Waals surface area contributed by atoms with Gasteiger partial charge in [0, 0.05) is 49.0 Å². The van der Waals surface area contributed by atoms with Gasteiger partial charge in [-0.3, -0.25) is 24.2 Å². The molecule has 4 atom stereocenters. The second-order valence-corrected chi connectivity index (χ2v) is 6.78. The van der Waals surface area contributed by atoms with E-state index in [9.17, 15) is 24.3 Å². The zero-order valence-corrected chi connectivity index (χ0v) is 18.3. The van der Waals surface area contributed by atoms with Crippen molar-refractivity contribution in [3.05, 3.63) is 0 Å². The number of aliphatic hydroxyl groups is 1. The zero-order valence-electron chi connectivity index (χ0n) is 18.3. The normalized spacial score (nSPS) is 16.0. The molecule has 29 heavy (non-hydrogen) atoms. The molecular formula is C18H32N2O9. The number of hydrazine groups is 1. The third kappa shape index (κ3) is 8.34. The summed E-state index contributed by atoms with van der Waals surface area (Å²) >= 11 is 0. The summed E-state index contributed by atoms with van der Waals surface area (Å²) in [5.41, 5.74) is -1.87. The average Bonchev–Trinajstić information content (AvgIpc) is 2.60. The monoisotopic (exact) mass is 420 g/mol. The second-order valence-electron chi connectivity index (χ2n) is 6.78. The molecule has 0 saturated carbocycles. The van der Waals surface area contributed by atoms with Crippen LogP contribution in [0.4, 0.5) is 0 Å². The fourth-order valence-corrected chi connectivity index (χ4v) is 2.69. The zero-order chi connectivity index (χ0) is 22.9. The first-order chi connectivity index (χ1) is 13.3. The molecule has 0 aromatic carbocycles. The van der Waals surface area contributed by atoms with Crippen molar-refractivity contribution in [2.24, 2.45) is 0 Å². The van der Waals surface area contributed by atoms with E-state index in [1.54, 1.807) is 0 Å². The number of esters is 2. The molecule has 11 heteroatoms. The van der Waals surface area contributed by atoms with Gasteiger partial charge >= 0.3 is 11.9 Å². The van der Waals surface area contributed by atoms with E-state index >= 15 is 0 Å². The first-order valence-corrected chi connectivity index (χ1v) is 8.89. The highest BCUT2D eigenvalue weighted by atomic mass is 16.6. The number of carbonyl (C=O) groups excluding carboxylic acids is 4. The predicted octanol–water partition coefficient (Wildman–Crippen LogP) is -0.496. The molecule has 0 bridgehead atoms. The molecule has 1 N–H and O–H groups in total. The molecule has 0 aliphatic carbocycles. The molecule has 0 fully saturated rings. The molecule has 0 unspecified atom stereocenters. The molecule has 0 heterocycles. The molecule has 0 aromatic rings. The van der Waals surface area contributed by atoms with Gasteiger partial charge in [0.25, 0.3) is 0 Å². The van der Waals surface area contributed by atoms with Crippen molar-refractivity contribution in [3.8, 4) is 0 Å². The number of carbonyl (C=O) groups is 4. The summed E-state index contributed by atoms with van der Waals surface area (Å²) in [6.45, 7) is 5.57. The van der Waals surface area contributed by atoms with Crippen LogP contribution >= 0.6 is 0 Å². The van der Waals surface area contributed by atoms with Gasteiger partial charge in [0.1, 0.15) is 24.4 Å². The molecule has 0 spiro atoms. The summed E-state index contributed by atoms with van der Waals surface area (Å²) in [5, 5.41) is 13.2. The Morgan fingerprint density at radius 1 is 0.966 bits per heavy atom. The predicted molar refractivity (Wildman–Crippen MR) is 100 cm³/mol. The molecule has 0 saturated heterocycles. The maximum absolute atomic E-state index is 12.0. The Bertz CT molecular complexity index is 594. The minimum absolute atomic E-state index is 0.220. The van der Waals surface area contributed by atoms with Crippen LogP contribution in [-0.2, 0) is 38.1 Å². The Kier molecular flexibility index (Phi) is 10.8. The van der Waals surface area contributed by atoms with Crippen LogP contribution < -0.4 is 0 Å². The maximum Gasteiger partial charge on any atom is 0.303 e. The summed E-state index contributed by atoms with van der Waals surface area (Å²) in [4.78, 5) is 46.6. The van der Waals surface area contributed by atoms with Crippen LogP contribution in [0.3, 0.4) is 0 Å². The maximum atomic E-state index is 12.0. The summed E-state index contributed by atoms with van der Waals surface area (Å²) in [6.07, 6.45) is -3.28. The summed E-state index contributed by atoms with van der Waals surface area (Å²) in [6, 6.07) is 0. The second kappa shape index (κ2) is 11.7. The SMILES string of the molecule is CO[C@H]([C@@H](COC(C)=O)OC)[C@H](OC(C)=O)[C@](C)(O)CN(C(C)=O)N(C)C(C)=O. The quantitative estimate of drug-likeness (QED) is 0.367. The van der Waals surface area contributed by atoms with Crippen LogP contribution in [0.5, 0.6) is 0 Å². The number of nitrogens with zero attached hydrogens (tertiary/aromatic N) is 2. The van der Waals surface area contributed by atoms with Crippen LogP contribution in [-0.4, -0.2) is 97.2 Å². The Balaban J connectivity index is 5.93. The number of hydrogen-bond acceptors (Lipinski definition) is 9. The van der Waals surface area contributed by atoms with Crippen molar-refractivity contribution < 1.29 is 43.2 Å². The minimum Gasteiger partial charge on any atom is -0.463 e. The van der Waals surface area contributed by atoms with Crippen molar-refractivity contribution in [3.63, 3.8) is 0 Å². The van der Waals surface area contributed by atoms with E-state index < -0.39 is 47.7 Å². The van der Waals surface area contributed by atoms with Crippen molar-refractivity contribution in [1.29, 1.82) is 0 Å². The van der Waals surface area contributed by atoms with Gasteiger partial charge in [-0.1, -0.05) is 0 Å². The summed E-state index contributed by atoms with van der Waals surface area (Å²) < 4.78 is 21.0. The average molecular weight is 420 g/mol. The summed E-state index contributed by atoms with van der Waals surface area (Å²) in [5.74, 6) is -2.22. The van der Waals surface area contributed by atoms with Gasteiger partial charge in [0.05, 0.1) is 6.54 Å². The van der Waals surface area contributed by atoms with Gasteiger partial charge < -0.3 is 24.1 Å². The first-order valence-electron chi connectivity index (χ1n) is 8.89. The number of ether oxygens (including phenoxy) is 4. The highest BCUT2D eigenvalue weighted by molar-refractivity contribution is 5.79. The molecule has 0 radical (unpaired) electrons. The van der Waals surface area contributed by atoms with Crippen molar-refractivity contribution in [2.45, 2.75) is 58.5 Å². The van der Waals surface area contributed by atoms with Crippen molar-refractivity contribution in [1.82, 2.24) is 10.0 Å². The lowest BCUT2D eigenvalue weighted by atomic mass is 9.91. The fourth-order valence-electron chi connectivity index (χ4n) is 2.69. The highest BCUT2D eigenvalue weighted by Crippen LogP contribution is 2.25. The molecule has 0 aliphatic rings. The largest absolute Gasteiger partial charge is 0.463 e. The Morgan fingerprint density at radius 2 is 1.52 bits per heavy atom. The Labute approximate surface area is 170 Å². The van der Waals surface area contributed by atoms with E-state index in [0.29, 0.717) is 0 Å². The van der Waals surface area contributed by atoms with Crippen molar-refractivity contribution >= 4 is 23.8 Å². The Morgan fingerprint density at radius 3 is 1.86 bits per heavy atom. The fraction of sp³-hybridized carbons (Fsp3) is 0.778. The van der Waals surface area contributed by atoms with Gasteiger partial charge in [-0.05, 0) is 6.92 Å². The van der Waals surface area contributed by atoms with Crippen LogP contribution in [0.1, 0.15) is 34.6 Å². The third-order valence-corrected chi connectivity index (χ3v) is 4.25. The molecule has 0 rings (SSSR count). The lowest BCUT2D eigenvalue weighted by Crippen LogP contribution is -2.62.